The average molecular weight is 467 g/mol. The van der Waals surface area contributed by atoms with Crippen molar-refractivity contribution in [2.24, 2.45) is 0 Å². The number of amides is 2. The van der Waals surface area contributed by atoms with Crippen LogP contribution in [0.25, 0.3) is 5.69 Å². The second-order valence-electron chi connectivity index (χ2n) is 8.00. The molecule has 1 aromatic heterocycles. The molecule has 0 saturated carbocycles. The number of ether oxygens (including phenoxy) is 1. The van der Waals surface area contributed by atoms with Gasteiger partial charge in [-0.1, -0.05) is 29.8 Å². The zero-order chi connectivity index (χ0) is 23.2. The minimum atomic E-state index is -0.122. The molecule has 0 spiro atoms. The van der Waals surface area contributed by atoms with E-state index in [4.69, 9.17) is 16.3 Å². The molecule has 8 heteroatoms. The molecule has 0 aliphatic carbocycles. The third-order valence-electron chi connectivity index (χ3n) is 5.80. The molecule has 2 amide bonds. The van der Waals surface area contributed by atoms with Crippen molar-refractivity contribution in [1.82, 2.24) is 19.6 Å². The summed E-state index contributed by atoms with van der Waals surface area (Å²) >= 11 is 6.06. The number of aryl methyl sites for hydroxylation is 1. The van der Waals surface area contributed by atoms with Crippen molar-refractivity contribution in [3.63, 3.8) is 0 Å². The van der Waals surface area contributed by atoms with Crippen molar-refractivity contribution < 1.29 is 14.3 Å². The van der Waals surface area contributed by atoms with Crippen molar-refractivity contribution >= 4 is 23.4 Å². The predicted octanol–water partition coefficient (Wildman–Crippen LogP) is 3.84. The first-order valence-electron chi connectivity index (χ1n) is 11.0. The zero-order valence-corrected chi connectivity index (χ0v) is 19.4. The van der Waals surface area contributed by atoms with E-state index in [9.17, 15) is 9.59 Å². The Morgan fingerprint density at radius 1 is 1.00 bits per heavy atom. The van der Waals surface area contributed by atoms with Gasteiger partial charge in [0.1, 0.15) is 5.75 Å². The van der Waals surface area contributed by atoms with Gasteiger partial charge in [0.15, 0.2) is 5.69 Å². The highest BCUT2D eigenvalue weighted by molar-refractivity contribution is 6.30. The third-order valence-corrected chi connectivity index (χ3v) is 6.04. The molecule has 172 valence electrons. The third kappa shape index (κ3) is 5.73. The number of methoxy groups -OCH3 is 1. The van der Waals surface area contributed by atoms with Crippen molar-refractivity contribution in [2.75, 3.05) is 33.3 Å². The molecule has 33 heavy (non-hydrogen) atoms. The molecule has 1 fully saturated rings. The maximum atomic E-state index is 13.0. The molecule has 0 radical (unpaired) electrons. The van der Waals surface area contributed by atoms with E-state index in [0.29, 0.717) is 49.7 Å². The SMILES string of the molecule is COc1ccc(CCC(=O)N2CCCN(C(=O)c3ccn(-c4cccc(Cl)c4)n3)CC2)cc1. The van der Waals surface area contributed by atoms with Gasteiger partial charge in [-0.05, 0) is 54.8 Å². The molecule has 0 bridgehead atoms. The summed E-state index contributed by atoms with van der Waals surface area (Å²) in [6.07, 6.45) is 3.63. The number of hydrogen-bond donors (Lipinski definition) is 0. The van der Waals surface area contributed by atoms with E-state index in [-0.39, 0.29) is 11.8 Å². The topological polar surface area (TPSA) is 67.7 Å². The lowest BCUT2D eigenvalue weighted by Gasteiger charge is -2.22. The van der Waals surface area contributed by atoms with E-state index in [2.05, 4.69) is 5.10 Å². The fourth-order valence-corrected chi connectivity index (χ4v) is 4.12. The summed E-state index contributed by atoms with van der Waals surface area (Å²) in [6, 6.07) is 16.8. The lowest BCUT2D eigenvalue weighted by atomic mass is 10.1. The fraction of sp³-hybridized carbons (Fsp3) is 0.320. The van der Waals surface area contributed by atoms with Gasteiger partial charge in [-0.25, -0.2) is 4.68 Å². The van der Waals surface area contributed by atoms with Crippen molar-refractivity contribution in [3.05, 3.63) is 77.1 Å². The summed E-state index contributed by atoms with van der Waals surface area (Å²) in [5.41, 5.74) is 2.28. The standard InChI is InChI=1S/C25H27ClN4O3/c1-33-22-9-6-19(7-10-22)8-11-24(31)28-13-3-14-29(17-16-28)25(32)23-12-15-30(27-23)21-5-2-4-20(26)18-21/h2,4-7,9-10,12,15,18H,3,8,11,13-14,16-17H2,1H3. The van der Waals surface area contributed by atoms with E-state index >= 15 is 0 Å². The van der Waals surface area contributed by atoms with Gasteiger partial charge < -0.3 is 14.5 Å². The lowest BCUT2D eigenvalue weighted by Crippen LogP contribution is -2.37. The Morgan fingerprint density at radius 3 is 2.52 bits per heavy atom. The number of nitrogens with zero attached hydrogens (tertiary/aromatic N) is 4. The number of rotatable bonds is 6. The second kappa shape index (κ2) is 10.5. The van der Waals surface area contributed by atoms with Crippen LogP contribution in [0.15, 0.2) is 60.8 Å². The highest BCUT2D eigenvalue weighted by Crippen LogP contribution is 2.16. The minimum Gasteiger partial charge on any atom is -0.497 e. The van der Waals surface area contributed by atoms with Gasteiger partial charge in [0.25, 0.3) is 5.91 Å². The first-order valence-corrected chi connectivity index (χ1v) is 11.4. The van der Waals surface area contributed by atoms with Crippen LogP contribution in [0.5, 0.6) is 5.75 Å². The van der Waals surface area contributed by atoms with Gasteiger partial charge in [-0.3, -0.25) is 9.59 Å². The van der Waals surface area contributed by atoms with Crippen LogP contribution in [0, 0.1) is 0 Å². The first-order chi connectivity index (χ1) is 16.0. The molecule has 2 heterocycles. The number of carbonyl (C=O) groups is 2. The second-order valence-corrected chi connectivity index (χ2v) is 8.44. The molecule has 3 aromatic rings. The molecule has 0 unspecified atom stereocenters. The van der Waals surface area contributed by atoms with Crippen LogP contribution < -0.4 is 4.74 Å². The normalized spacial score (nSPS) is 14.1. The summed E-state index contributed by atoms with van der Waals surface area (Å²) in [4.78, 5) is 29.4. The van der Waals surface area contributed by atoms with Crippen LogP contribution in [0.1, 0.15) is 28.9 Å². The van der Waals surface area contributed by atoms with E-state index in [1.807, 2.05) is 41.3 Å². The number of carbonyl (C=O) groups excluding carboxylic acids is 2. The molecular weight excluding hydrogens is 440 g/mol. The number of aromatic nitrogens is 2. The largest absolute Gasteiger partial charge is 0.497 e. The summed E-state index contributed by atoms with van der Waals surface area (Å²) in [5.74, 6) is 0.799. The summed E-state index contributed by atoms with van der Waals surface area (Å²) in [5, 5.41) is 5.05. The van der Waals surface area contributed by atoms with Crippen molar-refractivity contribution in [2.45, 2.75) is 19.3 Å². The molecule has 1 aliphatic rings. The lowest BCUT2D eigenvalue weighted by molar-refractivity contribution is -0.131. The Balaban J connectivity index is 1.32. The molecule has 2 aromatic carbocycles. The number of hydrogen-bond acceptors (Lipinski definition) is 4. The van der Waals surface area contributed by atoms with Crippen LogP contribution in [-0.4, -0.2) is 64.7 Å². The van der Waals surface area contributed by atoms with Crippen LogP contribution in [0.2, 0.25) is 5.02 Å². The van der Waals surface area contributed by atoms with Gasteiger partial charge in [-0.15, -0.1) is 0 Å². The molecule has 7 nitrogen and oxygen atoms in total. The van der Waals surface area contributed by atoms with Gasteiger partial charge in [0.05, 0.1) is 12.8 Å². The Morgan fingerprint density at radius 2 is 1.76 bits per heavy atom. The highest BCUT2D eigenvalue weighted by atomic mass is 35.5. The van der Waals surface area contributed by atoms with Gasteiger partial charge in [0.2, 0.25) is 5.91 Å². The highest BCUT2D eigenvalue weighted by Gasteiger charge is 2.24. The summed E-state index contributed by atoms with van der Waals surface area (Å²) in [6.45, 7) is 2.28. The average Bonchev–Trinajstić information content (AvgIpc) is 3.20. The maximum Gasteiger partial charge on any atom is 0.274 e. The van der Waals surface area contributed by atoms with Gasteiger partial charge in [0, 0.05) is 43.8 Å². The van der Waals surface area contributed by atoms with E-state index < -0.39 is 0 Å². The zero-order valence-electron chi connectivity index (χ0n) is 18.6. The van der Waals surface area contributed by atoms with E-state index in [0.717, 1.165) is 23.4 Å². The van der Waals surface area contributed by atoms with Crippen molar-refractivity contribution in [1.29, 1.82) is 0 Å². The predicted molar refractivity (Wildman–Crippen MR) is 127 cm³/mol. The molecule has 1 aliphatic heterocycles. The maximum absolute atomic E-state index is 13.0. The summed E-state index contributed by atoms with van der Waals surface area (Å²) < 4.78 is 6.82. The molecule has 4 rings (SSSR count). The van der Waals surface area contributed by atoms with Gasteiger partial charge >= 0.3 is 0 Å². The van der Waals surface area contributed by atoms with Crippen LogP contribution >= 0.6 is 11.6 Å². The molecule has 1 saturated heterocycles. The smallest absolute Gasteiger partial charge is 0.274 e. The molecular formula is C25H27ClN4O3. The quantitative estimate of drug-likeness (QED) is 0.553. The molecule has 0 atom stereocenters. The Bertz CT molecular complexity index is 1110. The minimum absolute atomic E-state index is 0.116. The summed E-state index contributed by atoms with van der Waals surface area (Å²) in [7, 11) is 1.64. The van der Waals surface area contributed by atoms with E-state index in [1.54, 1.807) is 41.1 Å². The Hall–Kier alpha value is -3.32. The Labute approximate surface area is 198 Å². The monoisotopic (exact) mass is 466 g/mol. The van der Waals surface area contributed by atoms with Gasteiger partial charge in [-0.2, -0.15) is 5.10 Å². The van der Waals surface area contributed by atoms with Crippen LogP contribution in [0.3, 0.4) is 0 Å². The number of benzene rings is 2. The van der Waals surface area contributed by atoms with Crippen LogP contribution in [-0.2, 0) is 11.2 Å². The Kier molecular flexibility index (Phi) is 7.29. The van der Waals surface area contributed by atoms with Crippen molar-refractivity contribution in [3.8, 4) is 11.4 Å². The molecule has 0 N–H and O–H groups in total. The fourth-order valence-electron chi connectivity index (χ4n) is 3.93. The van der Waals surface area contributed by atoms with Crippen LogP contribution in [0.4, 0.5) is 0 Å². The number of halogens is 1. The first kappa shape index (κ1) is 22.9. The van der Waals surface area contributed by atoms with E-state index in [1.165, 1.54) is 0 Å².